The van der Waals surface area contributed by atoms with Crippen LogP contribution >= 0.6 is 0 Å². The highest BCUT2D eigenvalue weighted by atomic mass is 16.5. The van der Waals surface area contributed by atoms with Crippen molar-refractivity contribution in [3.8, 4) is 0 Å². The Kier molecular flexibility index (Phi) is 5.09. The van der Waals surface area contributed by atoms with Crippen LogP contribution in [0.15, 0.2) is 12.2 Å². The van der Waals surface area contributed by atoms with Crippen LogP contribution in [0, 0.1) is 5.92 Å². The van der Waals surface area contributed by atoms with Crippen molar-refractivity contribution in [2.75, 3.05) is 7.11 Å². The van der Waals surface area contributed by atoms with Gasteiger partial charge < -0.3 is 9.84 Å². The second kappa shape index (κ2) is 5.54. The Hall–Kier alpha value is -1.16. The SMILES string of the molecule is C=C(C)CC(C(=O)OC)C(O)C(C)=O. The van der Waals surface area contributed by atoms with Crippen LogP contribution in [0.1, 0.15) is 20.3 Å². The molecule has 80 valence electrons. The summed E-state index contributed by atoms with van der Waals surface area (Å²) in [5, 5.41) is 9.45. The minimum Gasteiger partial charge on any atom is -0.469 e. The number of methoxy groups -OCH3 is 1. The number of hydrogen-bond donors (Lipinski definition) is 1. The van der Waals surface area contributed by atoms with Crippen LogP contribution in [0.5, 0.6) is 0 Å². The second-order valence-corrected chi connectivity index (χ2v) is 3.35. The molecule has 0 aliphatic heterocycles. The molecule has 0 radical (unpaired) electrons. The summed E-state index contributed by atoms with van der Waals surface area (Å²) in [6.07, 6.45) is -1.05. The van der Waals surface area contributed by atoms with Crippen molar-refractivity contribution in [1.29, 1.82) is 0 Å². The number of aliphatic hydroxyl groups excluding tert-OH is 1. The first-order valence-electron chi connectivity index (χ1n) is 4.30. The van der Waals surface area contributed by atoms with Gasteiger partial charge in [0.15, 0.2) is 5.78 Å². The first-order chi connectivity index (χ1) is 6.40. The Morgan fingerprint density at radius 1 is 1.43 bits per heavy atom. The molecule has 0 saturated heterocycles. The number of Topliss-reactive ketones (excluding diaryl/α,β-unsaturated/α-hetero) is 1. The molecule has 0 aliphatic carbocycles. The summed E-state index contributed by atoms with van der Waals surface area (Å²) in [5.74, 6) is -1.87. The highest BCUT2D eigenvalue weighted by Gasteiger charge is 2.30. The van der Waals surface area contributed by atoms with Gasteiger partial charge in [-0.15, -0.1) is 6.58 Å². The third-order valence-electron chi connectivity index (χ3n) is 1.87. The number of carbonyl (C=O) groups excluding carboxylic acids is 2. The molecule has 0 spiro atoms. The maximum absolute atomic E-state index is 11.2. The number of esters is 1. The van der Waals surface area contributed by atoms with Crippen molar-refractivity contribution < 1.29 is 19.4 Å². The van der Waals surface area contributed by atoms with Crippen molar-refractivity contribution in [3.63, 3.8) is 0 Å². The summed E-state index contributed by atoms with van der Waals surface area (Å²) in [7, 11) is 1.22. The predicted molar refractivity (Wildman–Crippen MR) is 51.6 cm³/mol. The first kappa shape index (κ1) is 12.8. The van der Waals surface area contributed by atoms with Gasteiger partial charge in [-0.2, -0.15) is 0 Å². The zero-order valence-corrected chi connectivity index (χ0v) is 8.74. The number of allylic oxidation sites excluding steroid dienone is 1. The van der Waals surface area contributed by atoms with Crippen LogP contribution in [-0.4, -0.2) is 30.1 Å². The van der Waals surface area contributed by atoms with Crippen LogP contribution in [0.2, 0.25) is 0 Å². The molecular weight excluding hydrogens is 184 g/mol. The van der Waals surface area contributed by atoms with E-state index in [1.54, 1.807) is 6.92 Å². The summed E-state index contributed by atoms with van der Waals surface area (Å²) in [5.41, 5.74) is 0.723. The summed E-state index contributed by atoms with van der Waals surface area (Å²) < 4.78 is 4.49. The number of hydrogen-bond acceptors (Lipinski definition) is 4. The molecule has 0 saturated carbocycles. The van der Waals surface area contributed by atoms with Crippen LogP contribution in [-0.2, 0) is 14.3 Å². The van der Waals surface area contributed by atoms with E-state index in [0.717, 1.165) is 5.57 Å². The van der Waals surface area contributed by atoms with Crippen LogP contribution in [0.25, 0.3) is 0 Å². The summed E-state index contributed by atoms with van der Waals surface area (Å²) in [6, 6.07) is 0. The van der Waals surface area contributed by atoms with Crippen LogP contribution in [0.4, 0.5) is 0 Å². The van der Waals surface area contributed by atoms with Gasteiger partial charge in [-0.05, 0) is 20.3 Å². The average Bonchev–Trinajstić information content (AvgIpc) is 2.11. The van der Waals surface area contributed by atoms with Gasteiger partial charge in [-0.1, -0.05) is 5.57 Å². The molecule has 0 aromatic rings. The van der Waals surface area contributed by atoms with Crippen LogP contribution < -0.4 is 0 Å². The second-order valence-electron chi connectivity index (χ2n) is 3.35. The Morgan fingerprint density at radius 3 is 2.21 bits per heavy atom. The third kappa shape index (κ3) is 3.70. The summed E-state index contributed by atoms with van der Waals surface area (Å²) in [4.78, 5) is 22.1. The van der Waals surface area contributed by atoms with Gasteiger partial charge in [-0.25, -0.2) is 0 Å². The van der Waals surface area contributed by atoms with Crippen molar-refractivity contribution in [3.05, 3.63) is 12.2 Å². The lowest BCUT2D eigenvalue weighted by atomic mass is 9.93. The monoisotopic (exact) mass is 200 g/mol. The van der Waals surface area contributed by atoms with Gasteiger partial charge in [0.25, 0.3) is 0 Å². The standard InChI is InChI=1S/C10H16O4/c1-6(2)5-8(10(13)14-4)9(12)7(3)11/h8-9,12H,1,5H2,2-4H3. The van der Waals surface area contributed by atoms with E-state index >= 15 is 0 Å². The van der Waals surface area contributed by atoms with E-state index in [2.05, 4.69) is 11.3 Å². The quantitative estimate of drug-likeness (QED) is 0.524. The molecular formula is C10H16O4. The van der Waals surface area contributed by atoms with E-state index in [1.165, 1.54) is 14.0 Å². The van der Waals surface area contributed by atoms with E-state index in [1.807, 2.05) is 0 Å². The zero-order chi connectivity index (χ0) is 11.3. The molecule has 1 N–H and O–H groups in total. The molecule has 2 atom stereocenters. The van der Waals surface area contributed by atoms with E-state index in [-0.39, 0.29) is 6.42 Å². The molecule has 0 amide bonds. The van der Waals surface area contributed by atoms with Crippen LogP contribution in [0.3, 0.4) is 0 Å². The normalized spacial score (nSPS) is 14.3. The molecule has 4 nitrogen and oxygen atoms in total. The fourth-order valence-corrected chi connectivity index (χ4v) is 1.13. The first-order valence-corrected chi connectivity index (χ1v) is 4.30. The van der Waals surface area contributed by atoms with E-state index in [9.17, 15) is 14.7 Å². The lowest BCUT2D eigenvalue weighted by Crippen LogP contribution is -2.34. The lowest BCUT2D eigenvalue weighted by Gasteiger charge is -2.18. The van der Waals surface area contributed by atoms with Gasteiger partial charge in [0.1, 0.15) is 6.10 Å². The molecule has 0 fully saturated rings. The maximum atomic E-state index is 11.2. The van der Waals surface area contributed by atoms with Gasteiger partial charge in [0.05, 0.1) is 13.0 Å². The molecule has 0 aliphatic rings. The van der Waals surface area contributed by atoms with Crippen molar-refractivity contribution in [2.45, 2.75) is 26.4 Å². The highest BCUT2D eigenvalue weighted by molar-refractivity contribution is 5.87. The van der Waals surface area contributed by atoms with Gasteiger partial charge >= 0.3 is 5.97 Å². The molecule has 2 unspecified atom stereocenters. The molecule has 0 bridgehead atoms. The van der Waals surface area contributed by atoms with Gasteiger partial charge in [-0.3, -0.25) is 9.59 Å². The number of ether oxygens (including phenoxy) is 1. The molecule has 14 heavy (non-hydrogen) atoms. The fraction of sp³-hybridized carbons (Fsp3) is 0.600. The zero-order valence-electron chi connectivity index (χ0n) is 8.74. The molecule has 0 rings (SSSR count). The van der Waals surface area contributed by atoms with E-state index < -0.39 is 23.8 Å². The number of rotatable bonds is 5. The predicted octanol–water partition coefficient (Wildman–Crippen LogP) is 0.692. The highest BCUT2D eigenvalue weighted by Crippen LogP contribution is 2.16. The van der Waals surface area contributed by atoms with Gasteiger partial charge in [0.2, 0.25) is 0 Å². The molecule has 0 heterocycles. The minimum absolute atomic E-state index is 0.257. The summed E-state index contributed by atoms with van der Waals surface area (Å²) >= 11 is 0. The van der Waals surface area contributed by atoms with E-state index in [4.69, 9.17) is 0 Å². The van der Waals surface area contributed by atoms with Crippen molar-refractivity contribution in [2.24, 2.45) is 5.92 Å². The lowest BCUT2D eigenvalue weighted by molar-refractivity contribution is -0.152. The Morgan fingerprint density at radius 2 is 1.93 bits per heavy atom. The van der Waals surface area contributed by atoms with Crippen molar-refractivity contribution in [1.82, 2.24) is 0 Å². The Labute approximate surface area is 83.6 Å². The van der Waals surface area contributed by atoms with Gasteiger partial charge in [0, 0.05) is 0 Å². The molecule has 0 aromatic carbocycles. The smallest absolute Gasteiger partial charge is 0.312 e. The Bertz CT molecular complexity index is 245. The fourth-order valence-electron chi connectivity index (χ4n) is 1.13. The van der Waals surface area contributed by atoms with E-state index in [0.29, 0.717) is 0 Å². The minimum atomic E-state index is -1.31. The largest absolute Gasteiger partial charge is 0.469 e. The molecule has 4 heteroatoms. The number of ketones is 1. The number of carbonyl (C=O) groups is 2. The summed E-state index contributed by atoms with van der Waals surface area (Å²) in [6.45, 7) is 6.58. The third-order valence-corrected chi connectivity index (χ3v) is 1.87. The topological polar surface area (TPSA) is 63.6 Å². The van der Waals surface area contributed by atoms with Crippen molar-refractivity contribution >= 4 is 11.8 Å². The number of aliphatic hydroxyl groups is 1. The molecule has 0 aromatic heterocycles. The Balaban J connectivity index is 4.62. The maximum Gasteiger partial charge on any atom is 0.312 e. The average molecular weight is 200 g/mol.